The van der Waals surface area contributed by atoms with E-state index in [1.165, 1.54) is 63.4 Å². The van der Waals surface area contributed by atoms with Gasteiger partial charge in [0.1, 0.15) is 0 Å². The lowest BCUT2D eigenvalue weighted by atomic mass is 10.0. The summed E-state index contributed by atoms with van der Waals surface area (Å²) < 4.78 is 0. The Kier molecular flexibility index (Phi) is 8.63. The smallest absolute Gasteiger partial charge is 0.0184 e. The minimum atomic E-state index is 0.883. The Morgan fingerprint density at radius 1 is 0.833 bits per heavy atom. The second-order valence-electron chi connectivity index (χ2n) is 5.82. The van der Waals surface area contributed by atoms with Gasteiger partial charge in [-0.15, -0.1) is 0 Å². The fraction of sp³-hybridized carbons (Fsp3) is 0.667. The van der Waals surface area contributed by atoms with Crippen LogP contribution in [0.1, 0.15) is 70.8 Å². The molecule has 0 aliphatic rings. The third-order valence-corrected chi connectivity index (χ3v) is 3.53. The van der Waals surface area contributed by atoms with E-state index in [-0.39, 0.29) is 0 Å². The summed E-state index contributed by atoms with van der Waals surface area (Å²) >= 11 is 0. The van der Waals surface area contributed by atoms with Crippen LogP contribution in [0, 0.1) is 12.0 Å². The number of unbranched alkanes of at least 4 members (excludes halogenated alkanes) is 6. The number of hydrogen-bond donors (Lipinski definition) is 0. The molecule has 0 aliphatic carbocycles. The number of aryl methyl sites for hydroxylation is 1. The maximum absolute atomic E-state index is 3.07. The first-order valence-corrected chi connectivity index (χ1v) is 7.74. The zero-order chi connectivity index (χ0) is 13.1. The molecule has 0 heteroatoms. The summed E-state index contributed by atoms with van der Waals surface area (Å²) in [6.45, 7) is 4.64. The molecule has 101 valence electrons. The lowest BCUT2D eigenvalue weighted by Gasteiger charge is -2.04. The summed E-state index contributed by atoms with van der Waals surface area (Å²) in [6.07, 6.45) is 12.5. The third kappa shape index (κ3) is 8.33. The first-order valence-electron chi connectivity index (χ1n) is 7.74. The van der Waals surface area contributed by atoms with Crippen LogP contribution < -0.4 is 0 Å². The van der Waals surface area contributed by atoms with Crippen LogP contribution in [0.3, 0.4) is 0 Å². The Morgan fingerprint density at radius 3 is 2.00 bits per heavy atom. The Bertz CT molecular complexity index is 273. The van der Waals surface area contributed by atoms with E-state index in [2.05, 4.69) is 32.0 Å². The summed E-state index contributed by atoms with van der Waals surface area (Å²) in [5.41, 5.74) is 1.46. The fourth-order valence-corrected chi connectivity index (χ4v) is 2.35. The zero-order valence-corrected chi connectivity index (χ0v) is 12.3. The molecule has 1 radical (unpaired) electrons. The molecule has 1 rings (SSSR count). The van der Waals surface area contributed by atoms with Crippen molar-refractivity contribution in [2.75, 3.05) is 0 Å². The molecular weight excluding hydrogens is 216 g/mol. The van der Waals surface area contributed by atoms with E-state index in [1.807, 2.05) is 12.1 Å². The van der Waals surface area contributed by atoms with Gasteiger partial charge in [0.05, 0.1) is 0 Å². The predicted molar refractivity (Wildman–Crippen MR) is 80.8 cm³/mol. The maximum Gasteiger partial charge on any atom is -0.0184 e. The molecule has 0 fully saturated rings. The average Bonchev–Trinajstić information content (AvgIpc) is 2.37. The van der Waals surface area contributed by atoms with Gasteiger partial charge in [0.15, 0.2) is 0 Å². The zero-order valence-electron chi connectivity index (χ0n) is 12.3. The molecule has 0 unspecified atom stereocenters. The highest BCUT2D eigenvalue weighted by molar-refractivity contribution is 5.13. The first kappa shape index (κ1) is 15.3. The SMILES string of the molecule is CC(C)CCCCCCCCCc1cc[c]cc1. The van der Waals surface area contributed by atoms with Crippen molar-refractivity contribution in [3.8, 4) is 0 Å². The van der Waals surface area contributed by atoms with Crippen LogP contribution in [-0.4, -0.2) is 0 Å². The minimum Gasteiger partial charge on any atom is -0.0628 e. The minimum absolute atomic E-state index is 0.883. The average molecular weight is 245 g/mol. The van der Waals surface area contributed by atoms with Gasteiger partial charge in [0.25, 0.3) is 0 Å². The number of hydrogen-bond acceptors (Lipinski definition) is 0. The first-order chi connectivity index (χ1) is 8.79. The van der Waals surface area contributed by atoms with Crippen LogP contribution in [0.2, 0.25) is 0 Å². The highest BCUT2D eigenvalue weighted by atomic mass is 14.0. The van der Waals surface area contributed by atoms with Crippen LogP contribution in [0.4, 0.5) is 0 Å². The molecule has 0 aromatic heterocycles. The summed E-state index contributed by atoms with van der Waals surface area (Å²) in [7, 11) is 0. The van der Waals surface area contributed by atoms with Crippen molar-refractivity contribution in [1.82, 2.24) is 0 Å². The van der Waals surface area contributed by atoms with E-state index >= 15 is 0 Å². The van der Waals surface area contributed by atoms with Crippen LogP contribution in [0.15, 0.2) is 24.3 Å². The van der Waals surface area contributed by atoms with Crippen LogP contribution in [-0.2, 0) is 6.42 Å². The summed E-state index contributed by atoms with van der Waals surface area (Å²) in [6, 6.07) is 11.5. The molecule has 0 saturated heterocycles. The molecule has 0 aliphatic heterocycles. The Hall–Kier alpha value is -0.780. The van der Waals surface area contributed by atoms with E-state index in [0.717, 1.165) is 5.92 Å². The van der Waals surface area contributed by atoms with Gasteiger partial charge in [-0.05, 0) is 30.4 Å². The second-order valence-corrected chi connectivity index (χ2v) is 5.82. The maximum atomic E-state index is 3.07. The van der Waals surface area contributed by atoms with Crippen molar-refractivity contribution in [2.24, 2.45) is 5.92 Å². The molecule has 0 bridgehead atoms. The van der Waals surface area contributed by atoms with Gasteiger partial charge < -0.3 is 0 Å². The largest absolute Gasteiger partial charge is 0.0628 e. The van der Waals surface area contributed by atoms with Crippen molar-refractivity contribution in [3.63, 3.8) is 0 Å². The van der Waals surface area contributed by atoms with E-state index in [9.17, 15) is 0 Å². The number of rotatable bonds is 10. The molecule has 0 atom stereocenters. The van der Waals surface area contributed by atoms with Gasteiger partial charge in [-0.2, -0.15) is 0 Å². The Morgan fingerprint density at radius 2 is 1.39 bits per heavy atom. The van der Waals surface area contributed by atoms with Crippen LogP contribution in [0.5, 0.6) is 0 Å². The quantitative estimate of drug-likeness (QED) is 0.457. The summed E-state index contributed by atoms with van der Waals surface area (Å²) in [4.78, 5) is 0. The van der Waals surface area contributed by atoms with Gasteiger partial charge in [-0.1, -0.05) is 83.1 Å². The normalized spacial score (nSPS) is 11.1. The predicted octanol–water partition coefficient (Wildman–Crippen LogP) is 5.81. The molecule has 0 spiro atoms. The second kappa shape index (κ2) is 10.2. The monoisotopic (exact) mass is 245 g/mol. The van der Waals surface area contributed by atoms with Crippen molar-refractivity contribution in [2.45, 2.75) is 71.6 Å². The molecule has 0 nitrogen and oxygen atoms in total. The molecular formula is C18H29. The van der Waals surface area contributed by atoms with Crippen molar-refractivity contribution in [3.05, 3.63) is 35.9 Å². The number of benzene rings is 1. The van der Waals surface area contributed by atoms with E-state index in [4.69, 9.17) is 0 Å². The summed E-state index contributed by atoms with van der Waals surface area (Å²) in [5.74, 6) is 0.883. The van der Waals surface area contributed by atoms with Crippen molar-refractivity contribution in [1.29, 1.82) is 0 Å². The highest BCUT2D eigenvalue weighted by Gasteiger charge is 1.95. The molecule has 1 aromatic rings. The van der Waals surface area contributed by atoms with Gasteiger partial charge in [-0.3, -0.25) is 0 Å². The Balaban J connectivity index is 1.84. The topological polar surface area (TPSA) is 0 Å². The van der Waals surface area contributed by atoms with Gasteiger partial charge >= 0.3 is 0 Å². The van der Waals surface area contributed by atoms with Gasteiger partial charge in [-0.25, -0.2) is 0 Å². The molecule has 18 heavy (non-hydrogen) atoms. The van der Waals surface area contributed by atoms with Gasteiger partial charge in [0.2, 0.25) is 0 Å². The van der Waals surface area contributed by atoms with Crippen LogP contribution >= 0.6 is 0 Å². The molecule has 0 heterocycles. The van der Waals surface area contributed by atoms with E-state index in [1.54, 1.807) is 0 Å². The molecule has 1 aromatic carbocycles. The van der Waals surface area contributed by atoms with E-state index < -0.39 is 0 Å². The molecule has 0 saturated carbocycles. The molecule has 0 N–H and O–H groups in total. The van der Waals surface area contributed by atoms with Gasteiger partial charge in [0, 0.05) is 0 Å². The Labute approximate surface area is 114 Å². The summed E-state index contributed by atoms with van der Waals surface area (Å²) in [5, 5.41) is 0. The van der Waals surface area contributed by atoms with Crippen LogP contribution in [0.25, 0.3) is 0 Å². The molecule has 0 amide bonds. The lowest BCUT2D eigenvalue weighted by Crippen LogP contribution is -1.88. The van der Waals surface area contributed by atoms with E-state index in [0.29, 0.717) is 0 Å². The lowest BCUT2D eigenvalue weighted by molar-refractivity contribution is 0.509. The standard InChI is InChI=1S/C18H29/c1-17(2)13-9-6-4-3-5-7-10-14-18-15-11-8-12-16-18/h11-12,15-17H,3-7,9-10,13-14H2,1-2H3. The van der Waals surface area contributed by atoms with Crippen molar-refractivity contribution < 1.29 is 0 Å². The highest BCUT2D eigenvalue weighted by Crippen LogP contribution is 2.13. The fourth-order valence-electron chi connectivity index (χ4n) is 2.35. The van der Waals surface area contributed by atoms with Crippen molar-refractivity contribution >= 4 is 0 Å². The third-order valence-electron chi connectivity index (χ3n) is 3.53.